The largest absolute Gasteiger partial charge is 0.493 e. The summed E-state index contributed by atoms with van der Waals surface area (Å²) in [5.41, 5.74) is 8.52. The predicted octanol–water partition coefficient (Wildman–Crippen LogP) is 3.70. The third-order valence-electron chi connectivity index (χ3n) is 4.42. The van der Waals surface area contributed by atoms with E-state index >= 15 is 0 Å². The molecule has 0 aromatic heterocycles. The van der Waals surface area contributed by atoms with Gasteiger partial charge in [0.15, 0.2) is 0 Å². The molecule has 3 aromatic rings. The molecule has 0 saturated carbocycles. The molecule has 0 amide bonds. The van der Waals surface area contributed by atoms with Gasteiger partial charge in [-0.2, -0.15) is 0 Å². The number of hydrogen-bond donors (Lipinski definition) is 3. The Bertz CT molecular complexity index is 1100. The van der Waals surface area contributed by atoms with Crippen molar-refractivity contribution in [2.45, 2.75) is 18.2 Å². The maximum Gasteiger partial charge on any atom is 0.261 e. The smallest absolute Gasteiger partial charge is 0.261 e. The average Bonchev–Trinajstić information content (AvgIpc) is 2.71. The van der Waals surface area contributed by atoms with E-state index in [2.05, 4.69) is 4.72 Å². The number of sulfonamides is 1. The van der Waals surface area contributed by atoms with Crippen molar-refractivity contribution >= 4 is 21.5 Å². The molecular formula is C22H23N3O3S. The summed E-state index contributed by atoms with van der Waals surface area (Å²) in [4.78, 5) is 0.218. The van der Waals surface area contributed by atoms with Gasteiger partial charge in [-0.25, -0.2) is 8.42 Å². The third-order valence-corrected chi connectivity index (χ3v) is 5.80. The fourth-order valence-electron chi connectivity index (χ4n) is 2.78. The minimum Gasteiger partial charge on any atom is -0.493 e. The van der Waals surface area contributed by atoms with Crippen molar-refractivity contribution in [1.29, 1.82) is 5.41 Å². The van der Waals surface area contributed by atoms with Crippen LogP contribution < -0.4 is 15.2 Å². The fourth-order valence-corrected chi connectivity index (χ4v) is 3.93. The predicted molar refractivity (Wildman–Crippen MR) is 115 cm³/mol. The van der Waals surface area contributed by atoms with Crippen LogP contribution in [0.2, 0.25) is 0 Å². The Morgan fingerprint density at radius 1 is 1.03 bits per heavy atom. The van der Waals surface area contributed by atoms with Crippen LogP contribution in [-0.4, -0.2) is 20.9 Å². The van der Waals surface area contributed by atoms with Crippen molar-refractivity contribution in [1.82, 2.24) is 0 Å². The van der Waals surface area contributed by atoms with Crippen molar-refractivity contribution in [2.24, 2.45) is 5.73 Å². The molecule has 0 aliphatic rings. The van der Waals surface area contributed by atoms with Crippen LogP contribution in [0.15, 0.2) is 77.7 Å². The molecule has 6 nitrogen and oxygen atoms in total. The summed E-state index contributed by atoms with van der Waals surface area (Å²) >= 11 is 0. The highest BCUT2D eigenvalue weighted by Crippen LogP contribution is 2.24. The summed E-state index contributed by atoms with van der Waals surface area (Å²) in [6, 6.07) is 21.0. The Morgan fingerprint density at radius 3 is 2.34 bits per heavy atom. The summed E-state index contributed by atoms with van der Waals surface area (Å²) in [5, 5.41) is 7.41. The monoisotopic (exact) mass is 409 g/mol. The zero-order valence-corrected chi connectivity index (χ0v) is 16.9. The van der Waals surface area contributed by atoms with Gasteiger partial charge in [-0.15, -0.1) is 0 Å². The van der Waals surface area contributed by atoms with E-state index in [4.69, 9.17) is 15.9 Å². The lowest BCUT2D eigenvalue weighted by Gasteiger charge is -2.13. The van der Waals surface area contributed by atoms with E-state index in [0.717, 1.165) is 11.1 Å². The minimum atomic E-state index is -3.63. The molecule has 0 saturated heterocycles. The standard InChI is InChI=1S/C22H23N3O3S/c1-16-15-19(28-14-13-17-7-9-18(10-8-17)22(23)24)11-12-21(16)25-29(26,27)20-5-3-2-4-6-20/h2-12,15,25H,13-14H2,1H3,(H3,23,24). The molecule has 7 heteroatoms. The first-order valence-electron chi connectivity index (χ1n) is 9.10. The van der Waals surface area contributed by atoms with Crippen molar-refractivity contribution in [3.05, 3.63) is 89.5 Å². The van der Waals surface area contributed by atoms with Gasteiger partial charge < -0.3 is 10.5 Å². The van der Waals surface area contributed by atoms with Gasteiger partial charge in [-0.05, 0) is 48.4 Å². The van der Waals surface area contributed by atoms with Gasteiger partial charge in [0.1, 0.15) is 11.6 Å². The molecule has 0 atom stereocenters. The van der Waals surface area contributed by atoms with E-state index in [1.165, 1.54) is 0 Å². The maximum absolute atomic E-state index is 12.5. The van der Waals surface area contributed by atoms with E-state index in [0.29, 0.717) is 30.0 Å². The lowest BCUT2D eigenvalue weighted by molar-refractivity contribution is 0.322. The van der Waals surface area contributed by atoms with Crippen LogP contribution in [0.25, 0.3) is 0 Å². The normalized spacial score (nSPS) is 11.1. The van der Waals surface area contributed by atoms with Gasteiger partial charge in [-0.1, -0.05) is 42.5 Å². The first-order chi connectivity index (χ1) is 13.8. The van der Waals surface area contributed by atoms with Crippen LogP contribution in [-0.2, 0) is 16.4 Å². The minimum absolute atomic E-state index is 0.0475. The fraction of sp³-hybridized carbons (Fsp3) is 0.136. The number of anilines is 1. The Balaban J connectivity index is 1.60. The maximum atomic E-state index is 12.5. The van der Waals surface area contributed by atoms with Crippen LogP contribution in [0.3, 0.4) is 0 Å². The van der Waals surface area contributed by atoms with Gasteiger partial charge in [-0.3, -0.25) is 10.1 Å². The van der Waals surface area contributed by atoms with E-state index in [1.54, 1.807) is 42.5 Å². The highest BCUT2D eigenvalue weighted by molar-refractivity contribution is 7.92. The van der Waals surface area contributed by atoms with Crippen molar-refractivity contribution in [3.8, 4) is 5.75 Å². The van der Waals surface area contributed by atoms with E-state index in [1.807, 2.05) is 37.3 Å². The number of amidine groups is 1. The molecule has 150 valence electrons. The Kier molecular flexibility index (Phi) is 6.19. The number of nitrogen functional groups attached to an aromatic ring is 1. The lowest BCUT2D eigenvalue weighted by atomic mass is 10.1. The quantitative estimate of drug-likeness (QED) is 0.390. The van der Waals surface area contributed by atoms with Gasteiger partial charge >= 0.3 is 0 Å². The van der Waals surface area contributed by atoms with Crippen LogP contribution >= 0.6 is 0 Å². The Labute approximate surface area is 170 Å². The van der Waals surface area contributed by atoms with Gasteiger partial charge in [0.2, 0.25) is 0 Å². The van der Waals surface area contributed by atoms with Gasteiger partial charge in [0, 0.05) is 12.0 Å². The molecule has 3 rings (SSSR count). The molecule has 4 N–H and O–H groups in total. The molecule has 29 heavy (non-hydrogen) atoms. The zero-order chi connectivity index (χ0) is 20.9. The number of nitrogens with one attached hydrogen (secondary N) is 2. The van der Waals surface area contributed by atoms with E-state index < -0.39 is 10.0 Å². The van der Waals surface area contributed by atoms with Crippen LogP contribution in [0.5, 0.6) is 5.75 Å². The van der Waals surface area contributed by atoms with Crippen molar-refractivity contribution in [3.63, 3.8) is 0 Å². The van der Waals surface area contributed by atoms with Crippen molar-refractivity contribution in [2.75, 3.05) is 11.3 Å². The number of nitrogens with two attached hydrogens (primary N) is 1. The first-order valence-corrected chi connectivity index (χ1v) is 10.6. The summed E-state index contributed by atoms with van der Waals surface area (Å²) < 4.78 is 33.3. The third kappa shape index (κ3) is 5.36. The van der Waals surface area contributed by atoms with E-state index in [9.17, 15) is 8.42 Å². The molecule has 0 fully saturated rings. The molecule has 0 radical (unpaired) electrons. The zero-order valence-electron chi connectivity index (χ0n) is 16.1. The van der Waals surface area contributed by atoms with Crippen LogP contribution in [0.1, 0.15) is 16.7 Å². The summed E-state index contributed by atoms with van der Waals surface area (Å²) in [7, 11) is -3.63. The summed E-state index contributed by atoms with van der Waals surface area (Å²) in [6.07, 6.45) is 0.708. The summed E-state index contributed by atoms with van der Waals surface area (Å²) in [6.45, 7) is 2.31. The topological polar surface area (TPSA) is 105 Å². The lowest BCUT2D eigenvalue weighted by Crippen LogP contribution is -2.13. The van der Waals surface area contributed by atoms with E-state index in [-0.39, 0.29) is 10.7 Å². The second kappa shape index (κ2) is 8.79. The van der Waals surface area contributed by atoms with Crippen LogP contribution in [0.4, 0.5) is 5.69 Å². The van der Waals surface area contributed by atoms with Gasteiger partial charge in [0.25, 0.3) is 10.0 Å². The molecule has 0 unspecified atom stereocenters. The number of rotatable bonds is 8. The number of ether oxygens (including phenoxy) is 1. The molecule has 0 aliphatic carbocycles. The highest BCUT2D eigenvalue weighted by atomic mass is 32.2. The second-order valence-corrected chi connectivity index (χ2v) is 8.29. The average molecular weight is 410 g/mol. The molecule has 0 bridgehead atoms. The molecule has 0 spiro atoms. The second-order valence-electron chi connectivity index (χ2n) is 6.60. The number of benzene rings is 3. The van der Waals surface area contributed by atoms with Crippen molar-refractivity contribution < 1.29 is 13.2 Å². The Morgan fingerprint density at radius 2 is 1.72 bits per heavy atom. The highest BCUT2D eigenvalue weighted by Gasteiger charge is 2.14. The molecular weight excluding hydrogens is 386 g/mol. The number of hydrogen-bond acceptors (Lipinski definition) is 4. The number of aryl methyl sites for hydroxylation is 1. The molecule has 0 heterocycles. The summed E-state index contributed by atoms with van der Waals surface area (Å²) in [5.74, 6) is 0.719. The molecule has 0 aliphatic heterocycles. The Hall–Kier alpha value is -3.32. The van der Waals surface area contributed by atoms with Crippen LogP contribution in [0, 0.1) is 12.3 Å². The van der Waals surface area contributed by atoms with Gasteiger partial charge in [0.05, 0.1) is 17.2 Å². The molecule has 3 aromatic carbocycles. The SMILES string of the molecule is Cc1cc(OCCc2ccc(C(=N)N)cc2)ccc1NS(=O)(=O)c1ccccc1. The first kappa shape index (κ1) is 20.4.